The van der Waals surface area contributed by atoms with E-state index < -0.39 is 11.9 Å². The van der Waals surface area contributed by atoms with Crippen LogP contribution in [0.5, 0.6) is 5.75 Å². The smallest absolute Gasteiger partial charge is 0.320 e. The maximum atomic E-state index is 12.8. The van der Waals surface area contributed by atoms with Gasteiger partial charge >= 0.3 is 12.0 Å². The number of fused-ring (bicyclic) bond motifs is 1. The molecule has 2 aliphatic rings. The predicted molar refractivity (Wildman–Crippen MR) is 114 cm³/mol. The normalized spacial score (nSPS) is 16.7. The number of nitrogens with one attached hydrogen (secondary N) is 1. The van der Waals surface area contributed by atoms with E-state index in [1.54, 1.807) is 9.80 Å². The van der Waals surface area contributed by atoms with Crippen LogP contribution in [0.4, 0.5) is 10.6 Å². The fourth-order valence-corrected chi connectivity index (χ4v) is 4.15. The lowest BCUT2D eigenvalue weighted by Gasteiger charge is -2.22. The summed E-state index contributed by atoms with van der Waals surface area (Å²) < 4.78 is 0. The Morgan fingerprint density at radius 1 is 1.23 bits per heavy atom. The molecule has 1 atom stereocenters. The Balaban J connectivity index is 1.31. The number of aryl methyl sites for hydroxylation is 2. The molecule has 2 aliphatic heterocycles. The van der Waals surface area contributed by atoms with E-state index in [9.17, 15) is 19.8 Å². The molecule has 0 bridgehead atoms. The second-order valence-corrected chi connectivity index (χ2v) is 8.03. The average Bonchev–Trinajstić information content (AvgIpc) is 3.11. The Morgan fingerprint density at radius 3 is 2.87 bits per heavy atom. The standard InChI is InChI=1S/C22H27N5O4/c28-18-11-16(12-23-13-18)19(21(29)30)14-27-10-9-26(22(27)31)8-2-4-17-6-5-15-3-1-7-24-20(15)25-17/h5-6,11-13,19,28H,1-4,7-10,14H2,(H,24,25)(H,29,30)/t19-/m1/s1. The van der Waals surface area contributed by atoms with Gasteiger partial charge in [0, 0.05) is 44.6 Å². The molecule has 31 heavy (non-hydrogen) atoms. The van der Waals surface area contributed by atoms with Crippen molar-refractivity contribution in [3.63, 3.8) is 0 Å². The molecule has 0 aliphatic carbocycles. The van der Waals surface area contributed by atoms with E-state index in [4.69, 9.17) is 4.98 Å². The number of amides is 2. The molecular weight excluding hydrogens is 398 g/mol. The summed E-state index contributed by atoms with van der Waals surface area (Å²) in [7, 11) is 0. The van der Waals surface area contributed by atoms with Gasteiger partial charge in [0.15, 0.2) is 0 Å². The molecule has 2 aromatic heterocycles. The van der Waals surface area contributed by atoms with Crippen molar-refractivity contribution in [2.75, 3.05) is 38.0 Å². The topological polar surface area (TPSA) is 119 Å². The number of urea groups is 1. The number of aliphatic carboxylic acids is 1. The van der Waals surface area contributed by atoms with Gasteiger partial charge in [0.1, 0.15) is 17.5 Å². The van der Waals surface area contributed by atoms with Crippen LogP contribution in [0.1, 0.15) is 35.6 Å². The maximum absolute atomic E-state index is 12.8. The summed E-state index contributed by atoms with van der Waals surface area (Å²) in [6, 6.07) is 5.42. The van der Waals surface area contributed by atoms with Gasteiger partial charge in [-0.25, -0.2) is 9.78 Å². The Kier molecular flexibility index (Phi) is 6.20. The van der Waals surface area contributed by atoms with Crippen LogP contribution in [-0.4, -0.2) is 74.7 Å². The van der Waals surface area contributed by atoms with Crippen LogP contribution < -0.4 is 5.32 Å². The summed E-state index contributed by atoms with van der Waals surface area (Å²) in [5, 5.41) is 22.6. The average molecular weight is 425 g/mol. The number of nitrogens with zero attached hydrogens (tertiary/aromatic N) is 4. The monoisotopic (exact) mass is 425 g/mol. The zero-order valence-corrected chi connectivity index (χ0v) is 17.3. The van der Waals surface area contributed by atoms with E-state index >= 15 is 0 Å². The molecule has 2 amide bonds. The van der Waals surface area contributed by atoms with Crippen molar-refractivity contribution in [1.82, 2.24) is 19.8 Å². The third-order valence-electron chi connectivity index (χ3n) is 5.84. The molecule has 3 N–H and O–H groups in total. The fourth-order valence-electron chi connectivity index (χ4n) is 4.15. The van der Waals surface area contributed by atoms with Gasteiger partial charge < -0.3 is 25.3 Å². The first-order valence-electron chi connectivity index (χ1n) is 10.6. The number of rotatable bonds is 8. The Morgan fingerprint density at radius 2 is 2.06 bits per heavy atom. The lowest BCUT2D eigenvalue weighted by atomic mass is 10.0. The summed E-state index contributed by atoms with van der Waals surface area (Å²) >= 11 is 0. The number of carboxylic acid groups (broad SMARTS) is 1. The number of hydrogen-bond donors (Lipinski definition) is 3. The van der Waals surface area contributed by atoms with E-state index in [2.05, 4.69) is 22.4 Å². The molecule has 2 aromatic rings. The molecule has 0 spiro atoms. The first kappa shape index (κ1) is 20.9. The largest absolute Gasteiger partial charge is 0.506 e. The van der Waals surface area contributed by atoms with Crippen LogP contribution in [0.2, 0.25) is 0 Å². The van der Waals surface area contributed by atoms with Crippen molar-refractivity contribution in [1.29, 1.82) is 0 Å². The van der Waals surface area contributed by atoms with E-state index in [0.29, 0.717) is 25.2 Å². The summed E-state index contributed by atoms with van der Waals surface area (Å²) in [5.41, 5.74) is 2.65. The van der Waals surface area contributed by atoms with Crippen LogP contribution in [0.3, 0.4) is 0 Å². The number of carbonyl (C=O) groups is 2. The van der Waals surface area contributed by atoms with Gasteiger partial charge in [-0.1, -0.05) is 6.07 Å². The molecule has 1 fully saturated rings. The van der Waals surface area contributed by atoms with E-state index in [1.807, 2.05) is 0 Å². The number of aromatic hydroxyl groups is 1. The molecule has 4 rings (SSSR count). The number of hydrogen-bond acceptors (Lipinski definition) is 6. The molecule has 1 saturated heterocycles. The number of carbonyl (C=O) groups excluding carboxylic acids is 1. The lowest BCUT2D eigenvalue weighted by molar-refractivity contribution is -0.139. The van der Waals surface area contributed by atoms with Gasteiger partial charge in [0.25, 0.3) is 0 Å². The molecule has 0 aromatic carbocycles. The van der Waals surface area contributed by atoms with Crippen molar-refractivity contribution < 1.29 is 19.8 Å². The minimum Gasteiger partial charge on any atom is -0.506 e. The van der Waals surface area contributed by atoms with Gasteiger partial charge in [-0.15, -0.1) is 0 Å². The van der Waals surface area contributed by atoms with E-state index in [1.165, 1.54) is 24.0 Å². The molecule has 9 heteroatoms. The van der Waals surface area contributed by atoms with Crippen LogP contribution in [0.25, 0.3) is 0 Å². The van der Waals surface area contributed by atoms with Crippen LogP contribution in [0, 0.1) is 0 Å². The van der Waals surface area contributed by atoms with Crippen LogP contribution >= 0.6 is 0 Å². The van der Waals surface area contributed by atoms with Crippen LogP contribution in [-0.2, 0) is 17.6 Å². The molecular formula is C22H27N5O4. The Hall–Kier alpha value is -3.36. The number of pyridine rings is 2. The third-order valence-corrected chi connectivity index (χ3v) is 5.84. The minimum atomic E-state index is -1.05. The van der Waals surface area contributed by atoms with Crippen molar-refractivity contribution in [2.24, 2.45) is 0 Å². The van der Waals surface area contributed by atoms with Gasteiger partial charge in [0.05, 0.1) is 6.20 Å². The van der Waals surface area contributed by atoms with E-state index in [0.717, 1.165) is 43.7 Å². The summed E-state index contributed by atoms with van der Waals surface area (Å²) in [4.78, 5) is 36.4. The van der Waals surface area contributed by atoms with Crippen molar-refractivity contribution in [3.8, 4) is 5.75 Å². The number of aromatic nitrogens is 2. The molecule has 0 saturated carbocycles. The van der Waals surface area contributed by atoms with Crippen molar-refractivity contribution in [3.05, 3.63) is 47.4 Å². The number of carboxylic acids is 1. The molecule has 164 valence electrons. The zero-order chi connectivity index (χ0) is 21.8. The SMILES string of the molecule is O=C(O)[C@H](CN1CCN(CCCc2ccc3c(n2)NCCC3)C1=O)c1cncc(O)c1. The van der Waals surface area contributed by atoms with Crippen molar-refractivity contribution in [2.45, 2.75) is 31.6 Å². The Bertz CT molecular complexity index is 967. The van der Waals surface area contributed by atoms with Crippen LogP contribution in [0.15, 0.2) is 30.6 Å². The highest BCUT2D eigenvalue weighted by atomic mass is 16.4. The first-order chi connectivity index (χ1) is 15.0. The highest BCUT2D eigenvalue weighted by Crippen LogP contribution is 2.23. The zero-order valence-electron chi connectivity index (χ0n) is 17.3. The fraction of sp³-hybridized carbons (Fsp3) is 0.455. The summed E-state index contributed by atoms with van der Waals surface area (Å²) in [5.74, 6) is -1.10. The quantitative estimate of drug-likeness (QED) is 0.592. The van der Waals surface area contributed by atoms with Gasteiger partial charge in [-0.3, -0.25) is 9.78 Å². The van der Waals surface area contributed by atoms with E-state index in [-0.39, 0.29) is 18.3 Å². The molecule has 9 nitrogen and oxygen atoms in total. The first-order valence-corrected chi connectivity index (χ1v) is 10.6. The summed E-state index contributed by atoms with van der Waals surface area (Å²) in [6.07, 6.45) is 6.43. The maximum Gasteiger partial charge on any atom is 0.320 e. The van der Waals surface area contributed by atoms with Gasteiger partial charge in [-0.05, 0) is 48.9 Å². The second-order valence-electron chi connectivity index (χ2n) is 8.03. The molecule has 0 radical (unpaired) electrons. The highest BCUT2D eigenvalue weighted by molar-refractivity contribution is 5.80. The Labute approximate surface area is 180 Å². The van der Waals surface area contributed by atoms with Gasteiger partial charge in [0.2, 0.25) is 0 Å². The molecule has 0 unspecified atom stereocenters. The van der Waals surface area contributed by atoms with Crippen molar-refractivity contribution >= 4 is 17.8 Å². The predicted octanol–water partition coefficient (Wildman–Crippen LogP) is 2.08. The minimum absolute atomic E-state index is 0.0495. The summed E-state index contributed by atoms with van der Waals surface area (Å²) in [6.45, 7) is 2.66. The number of anilines is 1. The lowest BCUT2D eigenvalue weighted by Crippen LogP contribution is -2.36. The van der Waals surface area contributed by atoms with Gasteiger partial charge in [-0.2, -0.15) is 0 Å². The highest BCUT2D eigenvalue weighted by Gasteiger charge is 2.32. The second kappa shape index (κ2) is 9.20. The molecule has 4 heterocycles. The third kappa shape index (κ3) is 4.87.